The van der Waals surface area contributed by atoms with E-state index in [2.05, 4.69) is 0 Å². The Labute approximate surface area is 199 Å². The van der Waals surface area contributed by atoms with Gasteiger partial charge >= 0.3 is 5.97 Å². The van der Waals surface area contributed by atoms with Crippen LogP contribution in [0, 0.1) is 0 Å². The molecule has 0 spiro atoms. The number of carbonyl (C=O) groups excluding carboxylic acids is 3. The summed E-state index contributed by atoms with van der Waals surface area (Å²) < 4.78 is 10.8. The summed E-state index contributed by atoms with van der Waals surface area (Å²) in [5.74, 6) is -1.25. The van der Waals surface area contributed by atoms with Gasteiger partial charge in [0.2, 0.25) is 0 Å². The molecule has 8 heteroatoms. The van der Waals surface area contributed by atoms with Gasteiger partial charge in [-0.1, -0.05) is 24.3 Å². The monoisotopic (exact) mass is 466 g/mol. The number of likely N-dealkylation sites (tertiary alicyclic amines) is 1. The van der Waals surface area contributed by atoms with Crippen LogP contribution in [0.3, 0.4) is 0 Å². The van der Waals surface area contributed by atoms with Crippen LogP contribution in [0.5, 0.6) is 11.5 Å². The Bertz CT molecular complexity index is 1100. The van der Waals surface area contributed by atoms with Crippen molar-refractivity contribution in [2.45, 2.75) is 32.9 Å². The first-order valence-electron chi connectivity index (χ1n) is 11.1. The van der Waals surface area contributed by atoms with Gasteiger partial charge in [-0.15, -0.1) is 0 Å². The Hall–Kier alpha value is -3.65. The molecule has 1 unspecified atom stereocenters. The quantitative estimate of drug-likeness (QED) is 0.209. The van der Waals surface area contributed by atoms with Crippen molar-refractivity contribution < 1.29 is 29.0 Å². The van der Waals surface area contributed by atoms with E-state index in [-0.39, 0.29) is 17.4 Å². The van der Waals surface area contributed by atoms with Crippen LogP contribution in [0.1, 0.15) is 37.9 Å². The van der Waals surface area contributed by atoms with Crippen molar-refractivity contribution in [3.63, 3.8) is 0 Å². The number of amides is 1. The smallest absolute Gasteiger partial charge is 0.308 e. The van der Waals surface area contributed by atoms with Crippen molar-refractivity contribution in [3.05, 3.63) is 65.2 Å². The first kappa shape index (κ1) is 25.0. The van der Waals surface area contributed by atoms with Crippen LogP contribution in [0.25, 0.3) is 5.76 Å². The van der Waals surface area contributed by atoms with E-state index in [1.54, 1.807) is 48.5 Å². The van der Waals surface area contributed by atoms with Crippen LogP contribution in [0.15, 0.2) is 54.1 Å². The van der Waals surface area contributed by atoms with E-state index in [0.29, 0.717) is 35.7 Å². The van der Waals surface area contributed by atoms with Gasteiger partial charge in [0.15, 0.2) is 0 Å². The molecule has 1 atom stereocenters. The zero-order valence-corrected chi connectivity index (χ0v) is 20.1. The molecule has 1 N–H and O–H groups in total. The molecular weight excluding hydrogens is 436 g/mol. The first-order chi connectivity index (χ1) is 16.1. The van der Waals surface area contributed by atoms with Gasteiger partial charge in [-0.05, 0) is 57.8 Å². The molecule has 3 rings (SSSR count). The number of Topliss-reactive ketones (excluding diaryl/α,β-unsaturated/α-hetero) is 1. The number of ketones is 1. The average Bonchev–Trinajstić information content (AvgIpc) is 3.01. The number of likely N-dealkylation sites (N-methyl/N-ethyl adjacent to an activating group) is 1. The highest BCUT2D eigenvalue weighted by Gasteiger charge is 2.45. The minimum atomic E-state index is -0.791. The molecule has 2 aromatic rings. The second kappa shape index (κ2) is 10.5. The van der Waals surface area contributed by atoms with Gasteiger partial charge in [-0.25, -0.2) is 0 Å². The maximum Gasteiger partial charge on any atom is 0.308 e. The molecule has 1 amide bonds. The summed E-state index contributed by atoms with van der Waals surface area (Å²) in [7, 11) is 3.75. The summed E-state index contributed by atoms with van der Waals surface area (Å²) in [5.41, 5.74) is 1.00. The fourth-order valence-corrected chi connectivity index (χ4v) is 3.79. The normalized spacial score (nSPS) is 17.5. The molecule has 1 aliphatic rings. The van der Waals surface area contributed by atoms with Crippen LogP contribution >= 0.6 is 0 Å². The molecule has 1 heterocycles. The summed E-state index contributed by atoms with van der Waals surface area (Å²) in [6, 6.07) is 12.6. The highest BCUT2D eigenvalue weighted by Crippen LogP contribution is 2.40. The Morgan fingerprint density at radius 1 is 1.09 bits per heavy atom. The average molecular weight is 467 g/mol. The number of aliphatic hydroxyl groups is 1. The van der Waals surface area contributed by atoms with Gasteiger partial charge in [-0.2, -0.15) is 0 Å². The molecule has 0 bridgehead atoms. The number of rotatable bonds is 8. The highest BCUT2D eigenvalue weighted by atomic mass is 16.5. The van der Waals surface area contributed by atoms with Crippen LogP contribution in [-0.4, -0.2) is 65.9 Å². The van der Waals surface area contributed by atoms with Gasteiger partial charge in [0.05, 0.1) is 17.7 Å². The molecule has 0 aliphatic carbocycles. The van der Waals surface area contributed by atoms with E-state index in [0.717, 1.165) is 0 Å². The Morgan fingerprint density at radius 3 is 2.35 bits per heavy atom. The number of nitrogens with zero attached hydrogens (tertiary/aromatic N) is 2. The van der Waals surface area contributed by atoms with E-state index in [9.17, 15) is 19.5 Å². The zero-order chi connectivity index (χ0) is 25.0. The minimum Gasteiger partial charge on any atom is -0.507 e. The third-order valence-corrected chi connectivity index (χ3v) is 5.26. The highest BCUT2D eigenvalue weighted by molar-refractivity contribution is 6.46. The van der Waals surface area contributed by atoms with Crippen LogP contribution in [0.4, 0.5) is 0 Å². The molecule has 1 aliphatic heterocycles. The van der Waals surface area contributed by atoms with Crippen molar-refractivity contribution >= 4 is 23.4 Å². The lowest BCUT2D eigenvalue weighted by Crippen LogP contribution is -2.35. The number of hydrogen-bond acceptors (Lipinski definition) is 7. The summed E-state index contributed by atoms with van der Waals surface area (Å²) in [4.78, 5) is 40.7. The van der Waals surface area contributed by atoms with E-state index in [1.165, 1.54) is 11.8 Å². The molecule has 0 radical (unpaired) electrons. The van der Waals surface area contributed by atoms with E-state index < -0.39 is 23.7 Å². The number of esters is 1. The largest absolute Gasteiger partial charge is 0.507 e. The van der Waals surface area contributed by atoms with Crippen molar-refractivity contribution in [1.82, 2.24) is 9.80 Å². The lowest BCUT2D eigenvalue weighted by atomic mass is 9.95. The Kier molecular flexibility index (Phi) is 7.73. The summed E-state index contributed by atoms with van der Waals surface area (Å²) >= 11 is 0. The minimum absolute atomic E-state index is 0.00527. The van der Waals surface area contributed by atoms with Gasteiger partial charge in [0.25, 0.3) is 11.7 Å². The molecular formula is C26H30N2O6. The standard InChI is InChI=1S/C26H30N2O6/c1-16(2)33-21-8-6-7-19(15-21)24(30)22-23(18-9-11-20(12-10-18)34-17(3)29)28(14-13-27(4)5)26(32)25(22)31/h6-12,15-16,23,30H,13-14H2,1-5H3/b24-22-. The second-order valence-electron chi connectivity index (χ2n) is 8.65. The second-order valence-corrected chi connectivity index (χ2v) is 8.65. The number of aliphatic hydroxyl groups excluding tert-OH is 1. The van der Waals surface area contributed by atoms with Crippen molar-refractivity contribution in [2.24, 2.45) is 0 Å². The SMILES string of the molecule is CC(=O)Oc1ccc(C2/C(=C(/O)c3cccc(OC(C)C)c3)C(=O)C(=O)N2CCN(C)C)cc1. The molecule has 8 nitrogen and oxygen atoms in total. The zero-order valence-electron chi connectivity index (χ0n) is 20.1. The Morgan fingerprint density at radius 2 is 1.76 bits per heavy atom. The Balaban J connectivity index is 2.10. The fourth-order valence-electron chi connectivity index (χ4n) is 3.79. The third-order valence-electron chi connectivity index (χ3n) is 5.26. The van der Waals surface area contributed by atoms with Crippen molar-refractivity contribution in [2.75, 3.05) is 27.2 Å². The number of carbonyl (C=O) groups is 3. The summed E-state index contributed by atoms with van der Waals surface area (Å²) in [6.07, 6.45) is -0.0651. The summed E-state index contributed by atoms with van der Waals surface area (Å²) in [5, 5.41) is 11.2. The lowest BCUT2D eigenvalue weighted by Gasteiger charge is -2.26. The predicted molar refractivity (Wildman–Crippen MR) is 128 cm³/mol. The van der Waals surface area contributed by atoms with Crippen LogP contribution < -0.4 is 9.47 Å². The molecule has 180 valence electrons. The van der Waals surface area contributed by atoms with Crippen molar-refractivity contribution in [1.29, 1.82) is 0 Å². The van der Waals surface area contributed by atoms with E-state index >= 15 is 0 Å². The number of ether oxygens (including phenoxy) is 2. The fraction of sp³-hybridized carbons (Fsp3) is 0.346. The number of hydrogen-bond donors (Lipinski definition) is 1. The van der Waals surface area contributed by atoms with Gasteiger partial charge in [0.1, 0.15) is 17.3 Å². The molecule has 0 saturated carbocycles. The maximum atomic E-state index is 13.1. The van der Waals surface area contributed by atoms with Crippen molar-refractivity contribution in [3.8, 4) is 11.5 Å². The number of benzene rings is 2. The van der Waals surface area contributed by atoms with E-state index in [1.807, 2.05) is 32.8 Å². The third kappa shape index (κ3) is 5.63. The van der Waals surface area contributed by atoms with Crippen LogP contribution in [0.2, 0.25) is 0 Å². The lowest BCUT2D eigenvalue weighted by molar-refractivity contribution is -0.140. The molecule has 0 aromatic heterocycles. The van der Waals surface area contributed by atoms with Gasteiger partial charge in [-0.3, -0.25) is 14.4 Å². The topological polar surface area (TPSA) is 96.4 Å². The molecule has 2 aromatic carbocycles. The molecule has 1 fully saturated rings. The molecule has 34 heavy (non-hydrogen) atoms. The summed E-state index contributed by atoms with van der Waals surface area (Å²) in [6.45, 7) is 5.92. The van der Waals surface area contributed by atoms with Gasteiger partial charge in [0, 0.05) is 25.6 Å². The first-order valence-corrected chi connectivity index (χ1v) is 11.1. The van der Waals surface area contributed by atoms with E-state index in [4.69, 9.17) is 9.47 Å². The van der Waals surface area contributed by atoms with Crippen LogP contribution in [-0.2, 0) is 14.4 Å². The van der Waals surface area contributed by atoms with Gasteiger partial charge < -0.3 is 24.4 Å². The maximum absolute atomic E-state index is 13.1. The predicted octanol–water partition coefficient (Wildman–Crippen LogP) is 3.38. The molecule has 1 saturated heterocycles.